The van der Waals surface area contributed by atoms with Crippen LogP contribution in [-0.4, -0.2) is 19.7 Å². The molecule has 0 saturated heterocycles. The van der Waals surface area contributed by atoms with Crippen LogP contribution in [0, 0.1) is 12.7 Å². The van der Waals surface area contributed by atoms with E-state index in [2.05, 4.69) is 15.2 Å². The van der Waals surface area contributed by atoms with E-state index in [-0.39, 0.29) is 11.4 Å². The van der Waals surface area contributed by atoms with Gasteiger partial charge in [-0.15, -0.1) is 0 Å². The van der Waals surface area contributed by atoms with Crippen LogP contribution >= 0.6 is 0 Å². The van der Waals surface area contributed by atoms with Crippen LogP contribution in [0.15, 0.2) is 71.9 Å². The number of aromatic amines is 1. The Morgan fingerprint density at radius 1 is 1.00 bits per heavy atom. The minimum atomic E-state index is -0.330. The predicted octanol–water partition coefficient (Wildman–Crippen LogP) is 4.38. The molecule has 6 heteroatoms. The fraction of sp³-hybridized carbons (Fsp3) is 0.0455. The first-order chi connectivity index (χ1) is 13.6. The summed E-state index contributed by atoms with van der Waals surface area (Å²) in [5.74, 6) is -0.330. The second kappa shape index (κ2) is 6.13. The van der Waals surface area contributed by atoms with Gasteiger partial charge in [0.1, 0.15) is 5.82 Å². The lowest BCUT2D eigenvalue weighted by Crippen LogP contribution is -2.18. The third-order valence-electron chi connectivity index (χ3n) is 4.95. The van der Waals surface area contributed by atoms with E-state index in [1.54, 1.807) is 36.0 Å². The average Bonchev–Trinajstić information content (AvgIpc) is 3.23. The predicted molar refractivity (Wildman–Crippen MR) is 107 cm³/mol. The SMILES string of the molecule is Cc1cc(F)ccc1-n1c(=O)ccc2cnc3ccc(-c4cn[nH]c4)cc3c21. The highest BCUT2D eigenvalue weighted by atomic mass is 19.1. The first kappa shape index (κ1) is 16.4. The number of benzene rings is 2. The van der Waals surface area contributed by atoms with Crippen LogP contribution in [0.1, 0.15) is 5.56 Å². The third kappa shape index (κ3) is 2.50. The Bertz CT molecular complexity index is 1400. The molecule has 0 radical (unpaired) electrons. The molecule has 0 atom stereocenters. The highest BCUT2D eigenvalue weighted by Gasteiger charge is 2.13. The lowest BCUT2D eigenvalue weighted by molar-refractivity contribution is 0.626. The van der Waals surface area contributed by atoms with Crippen LogP contribution in [0.25, 0.3) is 38.6 Å². The normalized spacial score (nSPS) is 11.4. The number of hydrogen-bond acceptors (Lipinski definition) is 3. The van der Waals surface area contributed by atoms with E-state index in [0.29, 0.717) is 11.3 Å². The van der Waals surface area contributed by atoms with Gasteiger partial charge in [0.05, 0.1) is 22.9 Å². The van der Waals surface area contributed by atoms with Crippen molar-refractivity contribution in [2.45, 2.75) is 6.92 Å². The summed E-state index contributed by atoms with van der Waals surface area (Å²) < 4.78 is 15.3. The number of aryl methyl sites for hydroxylation is 1. The molecule has 0 aliphatic heterocycles. The Morgan fingerprint density at radius 2 is 1.89 bits per heavy atom. The van der Waals surface area contributed by atoms with Crippen LogP contribution in [-0.2, 0) is 0 Å². The van der Waals surface area contributed by atoms with E-state index >= 15 is 0 Å². The van der Waals surface area contributed by atoms with Crippen molar-refractivity contribution in [3.8, 4) is 16.8 Å². The van der Waals surface area contributed by atoms with Gasteiger partial charge in [0.2, 0.25) is 0 Å². The number of nitrogens with one attached hydrogen (secondary N) is 1. The minimum Gasteiger partial charge on any atom is -0.285 e. The first-order valence-electron chi connectivity index (χ1n) is 8.82. The number of pyridine rings is 2. The lowest BCUT2D eigenvalue weighted by atomic mass is 10.0. The summed E-state index contributed by atoms with van der Waals surface area (Å²) in [4.78, 5) is 17.4. The number of aromatic nitrogens is 4. The highest BCUT2D eigenvalue weighted by molar-refractivity contribution is 6.05. The number of hydrogen-bond donors (Lipinski definition) is 1. The van der Waals surface area contributed by atoms with Gasteiger partial charge in [0, 0.05) is 34.8 Å². The highest BCUT2D eigenvalue weighted by Crippen LogP contribution is 2.29. The van der Waals surface area contributed by atoms with Gasteiger partial charge >= 0.3 is 0 Å². The van der Waals surface area contributed by atoms with Crippen molar-refractivity contribution in [3.05, 3.63) is 88.9 Å². The summed E-state index contributed by atoms with van der Waals surface area (Å²) in [7, 11) is 0. The van der Waals surface area contributed by atoms with E-state index in [4.69, 9.17) is 0 Å². The van der Waals surface area contributed by atoms with Gasteiger partial charge in [0.25, 0.3) is 5.56 Å². The Balaban J connectivity index is 1.93. The minimum absolute atomic E-state index is 0.177. The molecule has 0 amide bonds. The Labute approximate surface area is 159 Å². The van der Waals surface area contributed by atoms with Crippen molar-refractivity contribution in [1.29, 1.82) is 0 Å². The van der Waals surface area contributed by atoms with Crippen LogP contribution in [0.2, 0.25) is 0 Å². The van der Waals surface area contributed by atoms with Crippen LogP contribution < -0.4 is 5.56 Å². The molecule has 136 valence electrons. The largest absolute Gasteiger partial charge is 0.285 e. The van der Waals surface area contributed by atoms with Gasteiger partial charge in [0.15, 0.2) is 0 Å². The molecule has 1 N–H and O–H groups in total. The van der Waals surface area contributed by atoms with Crippen molar-refractivity contribution < 1.29 is 4.39 Å². The van der Waals surface area contributed by atoms with Gasteiger partial charge in [-0.2, -0.15) is 5.10 Å². The zero-order valence-electron chi connectivity index (χ0n) is 15.0. The molecule has 2 aromatic carbocycles. The molecule has 3 aromatic heterocycles. The van der Waals surface area contributed by atoms with Crippen molar-refractivity contribution in [2.75, 3.05) is 0 Å². The van der Waals surface area contributed by atoms with E-state index in [0.717, 1.165) is 32.9 Å². The summed E-state index contributed by atoms with van der Waals surface area (Å²) >= 11 is 0. The third-order valence-corrected chi connectivity index (χ3v) is 4.95. The standard InChI is InChI=1S/C22H15FN4O/c1-13-8-17(23)4-6-20(13)27-21(28)7-3-15-10-24-19-5-2-14(9-18(19)22(15)27)16-11-25-26-12-16/h2-12H,1H3,(H,25,26). The molecule has 0 bridgehead atoms. The summed E-state index contributed by atoms with van der Waals surface area (Å²) in [6.45, 7) is 1.80. The molecule has 0 fully saturated rings. The number of halogens is 1. The zero-order valence-corrected chi connectivity index (χ0v) is 15.0. The number of H-pyrrole nitrogens is 1. The summed E-state index contributed by atoms with van der Waals surface area (Å²) in [6, 6.07) is 13.6. The lowest BCUT2D eigenvalue weighted by Gasteiger charge is -2.15. The molecule has 5 nitrogen and oxygen atoms in total. The Morgan fingerprint density at radius 3 is 2.68 bits per heavy atom. The van der Waals surface area contributed by atoms with E-state index in [1.165, 1.54) is 18.2 Å². The number of nitrogens with zero attached hydrogens (tertiary/aromatic N) is 3. The molecule has 3 heterocycles. The Kier molecular flexibility index (Phi) is 3.58. The second-order valence-electron chi connectivity index (χ2n) is 6.72. The summed E-state index contributed by atoms with van der Waals surface area (Å²) in [5.41, 5.74) is 4.60. The van der Waals surface area contributed by atoms with Gasteiger partial charge in [-0.05, 0) is 54.4 Å². The Hall–Kier alpha value is -3.80. The molecule has 0 unspecified atom stereocenters. The van der Waals surface area contributed by atoms with Crippen molar-refractivity contribution in [2.24, 2.45) is 0 Å². The fourth-order valence-electron chi connectivity index (χ4n) is 3.61. The maximum Gasteiger partial charge on any atom is 0.255 e. The molecule has 5 aromatic rings. The van der Waals surface area contributed by atoms with Crippen LogP contribution in [0.4, 0.5) is 4.39 Å². The average molecular weight is 370 g/mol. The van der Waals surface area contributed by atoms with Gasteiger partial charge in [-0.25, -0.2) is 4.39 Å². The van der Waals surface area contributed by atoms with Gasteiger partial charge in [-0.3, -0.25) is 19.4 Å². The molecule has 0 aliphatic carbocycles. The van der Waals surface area contributed by atoms with Gasteiger partial charge in [-0.1, -0.05) is 6.07 Å². The zero-order chi connectivity index (χ0) is 19.3. The molecular formula is C22H15FN4O. The molecule has 0 saturated carbocycles. The van der Waals surface area contributed by atoms with Crippen molar-refractivity contribution in [3.63, 3.8) is 0 Å². The second-order valence-corrected chi connectivity index (χ2v) is 6.72. The molecular weight excluding hydrogens is 355 g/mol. The summed E-state index contributed by atoms with van der Waals surface area (Å²) in [5, 5.41) is 8.50. The van der Waals surface area contributed by atoms with Gasteiger partial charge < -0.3 is 0 Å². The molecule has 28 heavy (non-hydrogen) atoms. The molecule has 5 rings (SSSR count). The first-order valence-corrected chi connectivity index (χ1v) is 8.82. The van der Waals surface area contributed by atoms with Crippen LogP contribution in [0.3, 0.4) is 0 Å². The summed E-state index contributed by atoms with van der Waals surface area (Å²) in [6.07, 6.45) is 5.32. The maximum absolute atomic E-state index is 13.6. The number of fused-ring (bicyclic) bond motifs is 3. The fourth-order valence-corrected chi connectivity index (χ4v) is 3.61. The maximum atomic E-state index is 13.6. The van der Waals surface area contributed by atoms with Crippen molar-refractivity contribution in [1.82, 2.24) is 19.7 Å². The van der Waals surface area contributed by atoms with E-state index < -0.39 is 0 Å². The quantitative estimate of drug-likeness (QED) is 0.469. The van der Waals surface area contributed by atoms with E-state index in [1.807, 2.05) is 24.4 Å². The smallest absolute Gasteiger partial charge is 0.255 e. The van der Waals surface area contributed by atoms with Crippen molar-refractivity contribution >= 4 is 21.8 Å². The van der Waals surface area contributed by atoms with Crippen LogP contribution in [0.5, 0.6) is 0 Å². The topological polar surface area (TPSA) is 63.6 Å². The molecule has 0 spiro atoms. The monoisotopic (exact) mass is 370 g/mol. The number of rotatable bonds is 2. The molecule has 0 aliphatic rings. The van der Waals surface area contributed by atoms with E-state index in [9.17, 15) is 9.18 Å².